The Morgan fingerprint density at radius 2 is 1.16 bits per heavy atom. The number of rotatable bonds is 9. The van der Waals surface area contributed by atoms with Gasteiger partial charge in [-0.25, -0.2) is 13.6 Å². The first-order valence-electron chi connectivity index (χ1n) is 21.8. The molecule has 8 nitrogen and oxygen atoms in total. The Morgan fingerprint density at radius 3 is 1.67 bits per heavy atom. The van der Waals surface area contributed by atoms with Gasteiger partial charge in [-0.3, -0.25) is 14.9 Å². The van der Waals surface area contributed by atoms with Crippen molar-refractivity contribution in [2.24, 2.45) is 0 Å². The summed E-state index contributed by atoms with van der Waals surface area (Å²) in [5.74, 6) is -0.363. The smallest absolute Gasteiger partial charge is 0.410 e. The molecule has 4 heterocycles. The molecule has 2 aliphatic heterocycles. The monoisotopic (exact) mass is 868 g/mol. The molecule has 4 aromatic carbocycles. The van der Waals surface area contributed by atoms with E-state index in [1.54, 1.807) is 29.2 Å². The standard InChI is InChI=1S/C29H35FN2O3Si.C23H23FN2O/c1-19(2)27-25(18-33)26(20-10-12-22(30)13-11-20)24-17-32(29(34)35-14-15-36(3,4)5)16-21-8-6-7-9-23(21)28(24)31-27;1-14(2)22-20(13-27)21(15-7-9-17(24)10-8-15)19-12-25-11-16-5-3-4-6-18(16)23(19)26-22/h6-13,19,33H,14-18H2,1-5H3;3-10,14,25,27H,11-13H2,1-2H3. The molecule has 328 valence electrons. The van der Waals surface area contributed by atoms with Gasteiger partial charge in [0.05, 0.1) is 44.3 Å². The number of fused-ring (bicyclic) bond motifs is 6. The lowest BCUT2D eigenvalue weighted by atomic mass is 9.88. The maximum absolute atomic E-state index is 13.8. The Kier molecular flexibility index (Phi) is 14.0. The Hall–Kier alpha value is -5.59. The molecule has 6 aromatic rings. The fraction of sp³-hybridized carbons (Fsp3) is 0.327. The number of hydrogen-bond acceptors (Lipinski definition) is 7. The minimum atomic E-state index is -1.35. The molecule has 0 saturated carbocycles. The Labute approximate surface area is 371 Å². The number of aromatic nitrogens is 2. The molecule has 0 aliphatic carbocycles. The molecule has 1 amide bonds. The van der Waals surface area contributed by atoms with Gasteiger partial charge in [-0.1, -0.05) is 120 Å². The zero-order valence-electron chi connectivity index (χ0n) is 37.4. The van der Waals surface area contributed by atoms with Crippen molar-refractivity contribution >= 4 is 14.2 Å². The normalized spacial score (nSPS) is 13.3. The molecule has 11 heteroatoms. The first-order chi connectivity index (χ1) is 30.2. The van der Waals surface area contributed by atoms with Gasteiger partial charge in [-0.2, -0.15) is 0 Å². The van der Waals surface area contributed by atoms with E-state index in [4.69, 9.17) is 14.7 Å². The molecule has 0 unspecified atom stereocenters. The highest BCUT2D eigenvalue weighted by Crippen LogP contribution is 2.43. The van der Waals surface area contributed by atoms with E-state index >= 15 is 0 Å². The van der Waals surface area contributed by atoms with Crippen LogP contribution in [0.2, 0.25) is 25.7 Å². The molecular weight excluding hydrogens is 811 g/mol. The first kappa shape index (κ1) is 45.4. The number of pyridine rings is 2. The van der Waals surface area contributed by atoms with E-state index in [9.17, 15) is 23.8 Å². The van der Waals surface area contributed by atoms with Gasteiger partial charge < -0.3 is 20.3 Å². The van der Waals surface area contributed by atoms with Crippen molar-refractivity contribution in [1.82, 2.24) is 20.2 Å². The summed E-state index contributed by atoms with van der Waals surface area (Å²) in [5, 5.41) is 24.2. The van der Waals surface area contributed by atoms with Gasteiger partial charge in [-0.05, 0) is 75.5 Å². The number of nitrogens with zero attached hydrogens (tertiary/aromatic N) is 3. The maximum atomic E-state index is 13.8. The van der Waals surface area contributed by atoms with Crippen LogP contribution in [0.1, 0.15) is 84.3 Å². The summed E-state index contributed by atoms with van der Waals surface area (Å²) in [6.07, 6.45) is -0.362. The topological polar surface area (TPSA) is 108 Å². The SMILES string of the molecule is CC(C)c1nc2c(c(-c3ccc(F)cc3)c1CO)CN(C(=O)OCC[Si](C)(C)C)Cc1ccccc1-2.CC(C)c1nc2c(c(-c3ccc(F)cc3)c1CO)CNCc1ccccc1-2. The van der Waals surface area contributed by atoms with Crippen molar-refractivity contribution in [3.8, 4) is 44.8 Å². The third-order valence-electron chi connectivity index (χ3n) is 11.7. The predicted octanol–water partition coefficient (Wildman–Crippen LogP) is 11.7. The average Bonchev–Trinajstić information content (AvgIpc) is 3.55. The van der Waals surface area contributed by atoms with Gasteiger partial charge in [0.15, 0.2) is 0 Å². The number of hydrogen-bond donors (Lipinski definition) is 3. The highest BCUT2D eigenvalue weighted by molar-refractivity contribution is 6.76. The van der Waals surface area contributed by atoms with Gasteiger partial charge in [0, 0.05) is 65.9 Å². The summed E-state index contributed by atoms with van der Waals surface area (Å²) in [7, 11) is -1.35. The molecule has 2 aromatic heterocycles. The number of carbonyl (C=O) groups is 1. The third-order valence-corrected chi connectivity index (χ3v) is 13.4. The van der Waals surface area contributed by atoms with Crippen molar-refractivity contribution in [3.05, 3.63) is 153 Å². The van der Waals surface area contributed by atoms with Crippen LogP contribution in [-0.4, -0.2) is 45.9 Å². The molecule has 63 heavy (non-hydrogen) atoms. The fourth-order valence-corrected chi connectivity index (χ4v) is 9.29. The van der Waals surface area contributed by atoms with E-state index < -0.39 is 8.07 Å². The van der Waals surface area contributed by atoms with E-state index in [-0.39, 0.29) is 49.3 Å². The highest BCUT2D eigenvalue weighted by Gasteiger charge is 2.31. The number of aliphatic hydroxyl groups is 2. The number of amides is 1. The summed E-state index contributed by atoms with van der Waals surface area (Å²) in [6.45, 7) is 17.2. The Bertz CT molecular complexity index is 2590. The zero-order valence-corrected chi connectivity index (χ0v) is 38.4. The molecule has 0 fully saturated rings. The summed E-state index contributed by atoms with van der Waals surface area (Å²) < 4.78 is 33.1. The van der Waals surface area contributed by atoms with E-state index in [2.05, 4.69) is 50.9 Å². The summed E-state index contributed by atoms with van der Waals surface area (Å²) in [4.78, 5) is 25.1. The average molecular weight is 869 g/mol. The second-order valence-corrected chi connectivity index (χ2v) is 23.8. The van der Waals surface area contributed by atoms with Crippen LogP contribution in [0.15, 0.2) is 97.1 Å². The van der Waals surface area contributed by atoms with Crippen molar-refractivity contribution < 1.29 is 28.5 Å². The minimum absolute atomic E-state index is 0.0645. The van der Waals surface area contributed by atoms with Crippen molar-refractivity contribution in [3.63, 3.8) is 0 Å². The molecule has 0 spiro atoms. The minimum Gasteiger partial charge on any atom is -0.450 e. The lowest BCUT2D eigenvalue weighted by Crippen LogP contribution is -2.32. The molecule has 0 saturated heterocycles. The number of aliphatic hydroxyl groups excluding tert-OH is 2. The van der Waals surface area contributed by atoms with Crippen LogP contribution in [0.5, 0.6) is 0 Å². The second-order valence-electron chi connectivity index (χ2n) is 18.2. The molecule has 3 N–H and O–H groups in total. The van der Waals surface area contributed by atoms with Gasteiger partial charge >= 0.3 is 6.09 Å². The van der Waals surface area contributed by atoms with Crippen LogP contribution in [0, 0.1) is 11.6 Å². The third kappa shape index (κ3) is 9.97. The highest BCUT2D eigenvalue weighted by atomic mass is 28.3. The number of halogens is 2. The van der Waals surface area contributed by atoms with Crippen molar-refractivity contribution in [2.45, 2.75) is 105 Å². The Morgan fingerprint density at radius 1 is 0.683 bits per heavy atom. The van der Waals surface area contributed by atoms with Crippen LogP contribution in [0.25, 0.3) is 44.8 Å². The maximum Gasteiger partial charge on any atom is 0.410 e. The lowest BCUT2D eigenvalue weighted by Gasteiger charge is -2.25. The van der Waals surface area contributed by atoms with E-state index in [1.165, 1.54) is 29.8 Å². The van der Waals surface area contributed by atoms with Crippen molar-refractivity contribution in [2.75, 3.05) is 6.61 Å². The zero-order chi connectivity index (χ0) is 45.0. The molecule has 0 bridgehead atoms. The number of carbonyl (C=O) groups excluding carboxylic acids is 1. The largest absolute Gasteiger partial charge is 0.450 e. The molecule has 2 aliphatic rings. The molecular formula is C52H58F2N4O4Si. The van der Waals surface area contributed by atoms with Crippen LogP contribution in [0.3, 0.4) is 0 Å². The van der Waals surface area contributed by atoms with Gasteiger partial charge in [0.25, 0.3) is 0 Å². The lowest BCUT2D eigenvalue weighted by molar-refractivity contribution is 0.102. The van der Waals surface area contributed by atoms with Crippen LogP contribution in [-0.2, 0) is 44.1 Å². The summed E-state index contributed by atoms with van der Waals surface area (Å²) in [6, 6.07) is 30.0. The first-order valence-corrected chi connectivity index (χ1v) is 25.5. The predicted molar refractivity (Wildman–Crippen MR) is 249 cm³/mol. The quantitative estimate of drug-likeness (QED) is 0.124. The second kappa shape index (κ2) is 19.4. The van der Waals surface area contributed by atoms with E-state index in [0.717, 1.165) is 91.0 Å². The summed E-state index contributed by atoms with van der Waals surface area (Å²) >= 11 is 0. The number of ether oxygens (including phenoxy) is 1. The molecule has 0 radical (unpaired) electrons. The van der Waals surface area contributed by atoms with Crippen LogP contribution in [0.4, 0.5) is 13.6 Å². The molecule has 0 atom stereocenters. The van der Waals surface area contributed by atoms with Gasteiger partial charge in [0.2, 0.25) is 0 Å². The van der Waals surface area contributed by atoms with E-state index in [1.807, 2.05) is 50.2 Å². The van der Waals surface area contributed by atoms with Gasteiger partial charge in [0.1, 0.15) is 11.6 Å². The van der Waals surface area contributed by atoms with Gasteiger partial charge in [-0.15, -0.1) is 0 Å². The molecule has 8 rings (SSSR count). The van der Waals surface area contributed by atoms with Crippen molar-refractivity contribution in [1.29, 1.82) is 0 Å². The van der Waals surface area contributed by atoms with Crippen LogP contribution < -0.4 is 5.32 Å². The fourth-order valence-electron chi connectivity index (χ4n) is 8.58. The number of benzene rings is 4. The Balaban J connectivity index is 0.000000196. The van der Waals surface area contributed by atoms with E-state index in [0.29, 0.717) is 25.3 Å². The summed E-state index contributed by atoms with van der Waals surface area (Å²) in [5.41, 5.74) is 14.6. The number of nitrogens with one attached hydrogen (secondary N) is 1. The van der Waals surface area contributed by atoms with Crippen LogP contribution >= 0.6 is 0 Å².